The van der Waals surface area contributed by atoms with Gasteiger partial charge in [-0.1, -0.05) is 0 Å². The predicted octanol–water partition coefficient (Wildman–Crippen LogP) is 2.85. The summed E-state index contributed by atoms with van der Waals surface area (Å²) >= 11 is 0. The lowest BCUT2D eigenvalue weighted by Crippen LogP contribution is -2.52. The minimum absolute atomic E-state index is 0.0575. The molecule has 1 atom stereocenters. The van der Waals surface area contributed by atoms with E-state index in [1.807, 2.05) is 0 Å². The van der Waals surface area contributed by atoms with Crippen LogP contribution in [0.1, 0.15) is 22.3 Å². The van der Waals surface area contributed by atoms with Crippen LogP contribution in [0.5, 0.6) is 0 Å². The maximum atomic E-state index is 13.1. The van der Waals surface area contributed by atoms with E-state index in [9.17, 15) is 37.7 Å². The van der Waals surface area contributed by atoms with Gasteiger partial charge in [-0.25, -0.2) is 9.69 Å². The number of hydrogen-bond acceptors (Lipinski definition) is 8. The van der Waals surface area contributed by atoms with E-state index in [4.69, 9.17) is 0 Å². The van der Waals surface area contributed by atoms with E-state index in [0.717, 1.165) is 17.0 Å². The van der Waals surface area contributed by atoms with Crippen LogP contribution >= 0.6 is 0 Å². The largest absolute Gasteiger partial charge is 0.465 e. The Morgan fingerprint density at radius 2 is 1.69 bits per heavy atom. The smallest absolute Gasteiger partial charge is 0.416 e. The van der Waals surface area contributed by atoms with Crippen molar-refractivity contribution < 1.29 is 37.2 Å². The zero-order valence-electron chi connectivity index (χ0n) is 19.0. The van der Waals surface area contributed by atoms with E-state index in [1.165, 1.54) is 31.4 Å². The Kier molecular flexibility index (Phi) is 6.67. The third-order valence-corrected chi connectivity index (χ3v) is 6.26. The average Bonchev–Trinajstić information content (AvgIpc) is 3.16. The van der Waals surface area contributed by atoms with Gasteiger partial charge in [-0.3, -0.25) is 24.6 Å². The molecule has 4 rings (SSSR count). The number of ether oxygens (including phenoxy) is 1. The number of benzene rings is 2. The van der Waals surface area contributed by atoms with Crippen molar-refractivity contribution in [2.45, 2.75) is 18.6 Å². The number of carbonyl (C=O) groups excluding carboxylic acids is 3. The number of carbonyl (C=O) groups is 3. The molecule has 10 nitrogen and oxygen atoms in total. The van der Waals surface area contributed by atoms with Crippen molar-refractivity contribution in [3.63, 3.8) is 0 Å². The molecule has 2 fully saturated rings. The first-order chi connectivity index (χ1) is 17.0. The van der Waals surface area contributed by atoms with Crippen molar-refractivity contribution in [2.75, 3.05) is 43.1 Å². The molecule has 0 radical (unpaired) electrons. The Labute approximate surface area is 203 Å². The monoisotopic (exact) mass is 506 g/mol. The summed E-state index contributed by atoms with van der Waals surface area (Å²) in [6.07, 6.45) is -4.76. The maximum Gasteiger partial charge on any atom is 0.416 e. The van der Waals surface area contributed by atoms with Gasteiger partial charge in [0.2, 0.25) is 5.91 Å². The van der Waals surface area contributed by atoms with Crippen LogP contribution in [0.3, 0.4) is 0 Å². The van der Waals surface area contributed by atoms with Gasteiger partial charge >= 0.3 is 12.1 Å². The van der Waals surface area contributed by atoms with Gasteiger partial charge in [-0.2, -0.15) is 13.2 Å². The molecule has 0 N–H and O–H groups in total. The summed E-state index contributed by atoms with van der Waals surface area (Å²) in [5.74, 6) is -1.39. The van der Waals surface area contributed by atoms with Crippen LogP contribution in [0.15, 0.2) is 42.5 Å². The molecule has 2 aromatic rings. The van der Waals surface area contributed by atoms with Crippen LogP contribution in [0.2, 0.25) is 0 Å². The van der Waals surface area contributed by atoms with Crippen LogP contribution in [0.25, 0.3) is 0 Å². The Morgan fingerprint density at radius 1 is 1.06 bits per heavy atom. The second-order valence-corrected chi connectivity index (χ2v) is 8.31. The highest BCUT2D eigenvalue weighted by molar-refractivity contribution is 6.22. The summed E-state index contributed by atoms with van der Waals surface area (Å²) in [6, 6.07) is 7.53. The van der Waals surface area contributed by atoms with Crippen molar-refractivity contribution in [3.8, 4) is 0 Å². The summed E-state index contributed by atoms with van der Waals surface area (Å²) in [5.41, 5.74) is -1.10. The van der Waals surface area contributed by atoms with Crippen LogP contribution in [-0.2, 0) is 20.5 Å². The van der Waals surface area contributed by atoms with E-state index < -0.39 is 46.2 Å². The first kappa shape index (κ1) is 25.1. The van der Waals surface area contributed by atoms with E-state index in [2.05, 4.69) is 4.74 Å². The number of alkyl halides is 3. The number of halogens is 3. The minimum atomic E-state index is -4.71. The number of hydrogen-bond donors (Lipinski definition) is 0. The highest BCUT2D eigenvalue weighted by Gasteiger charge is 2.44. The van der Waals surface area contributed by atoms with Crippen LogP contribution in [0, 0.1) is 10.1 Å². The Hall–Kier alpha value is -4.00. The average molecular weight is 506 g/mol. The van der Waals surface area contributed by atoms with Crippen LogP contribution in [0.4, 0.5) is 30.2 Å². The molecule has 0 aromatic heterocycles. The van der Waals surface area contributed by atoms with Gasteiger partial charge < -0.3 is 9.64 Å². The highest BCUT2D eigenvalue weighted by Crippen LogP contribution is 2.37. The molecule has 2 aliphatic rings. The van der Waals surface area contributed by atoms with Gasteiger partial charge in [0.15, 0.2) is 0 Å². The minimum Gasteiger partial charge on any atom is -0.465 e. The fourth-order valence-corrected chi connectivity index (χ4v) is 4.42. The van der Waals surface area contributed by atoms with Gasteiger partial charge in [-0.05, 0) is 36.4 Å². The number of methoxy groups -OCH3 is 1. The molecule has 2 heterocycles. The zero-order valence-corrected chi connectivity index (χ0v) is 19.0. The SMILES string of the molecule is COC(=O)c1ccc(N2C(=O)CC(N3CCN(c4ccc(C(F)(F)F)cc4[N+](=O)[O-])CC3)C2=O)cc1. The Bertz CT molecular complexity index is 1210. The zero-order chi connectivity index (χ0) is 26.2. The quantitative estimate of drug-likeness (QED) is 0.263. The van der Waals surface area contributed by atoms with Crippen LogP contribution in [-0.4, -0.2) is 66.9 Å². The molecule has 1 unspecified atom stereocenters. The molecule has 36 heavy (non-hydrogen) atoms. The highest BCUT2D eigenvalue weighted by atomic mass is 19.4. The number of nitro groups is 1. The maximum absolute atomic E-state index is 13.1. The number of esters is 1. The summed E-state index contributed by atoms with van der Waals surface area (Å²) in [6.45, 7) is 0.990. The van der Waals surface area contributed by atoms with Gasteiger partial charge in [0.1, 0.15) is 5.69 Å². The normalized spacial score (nSPS) is 19.1. The molecule has 2 saturated heterocycles. The number of rotatable bonds is 5. The molecule has 2 aliphatic heterocycles. The number of anilines is 2. The molecule has 0 bridgehead atoms. The molecule has 2 aromatic carbocycles. The summed E-state index contributed by atoms with van der Waals surface area (Å²) in [4.78, 5) is 52.4. The van der Waals surface area contributed by atoms with Gasteiger partial charge in [0, 0.05) is 32.2 Å². The third kappa shape index (κ3) is 4.73. The third-order valence-electron chi connectivity index (χ3n) is 6.26. The van der Waals surface area contributed by atoms with Gasteiger partial charge in [-0.15, -0.1) is 0 Å². The Morgan fingerprint density at radius 3 is 2.25 bits per heavy atom. The lowest BCUT2D eigenvalue weighted by atomic mass is 10.1. The summed E-state index contributed by atoms with van der Waals surface area (Å²) < 4.78 is 43.6. The lowest BCUT2D eigenvalue weighted by Gasteiger charge is -2.37. The standard InChI is InChI=1S/C23H21F3N4O6/c1-36-22(33)14-2-5-16(6-3-14)29-20(31)13-19(21(29)32)28-10-8-27(9-11-28)17-7-4-15(23(24,25)26)12-18(17)30(34)35/h2-7,12,19H,8-11,13H2,1H3. The molecule has 0 saturated carbocycles. The topological polar surface area (TPSA) is 113 Å². The predicted molar refractivity (Wildman–Crippen MR) is 121 cm³/mol. The molecular formula is C23H21F3N4O6. The van der Waals surface area contributed by atoms with E-state index in [-0.39, 0.29) is 43.9 Å². The molecule has 0 aliphatic carbocycles. The van der Waals surface area contributed by atoms with Crippen molar-refractivity contribution in [3.05, 3.63) is 63.7 Å². The van der Waals surface area contributed by atoms with Crippen molar-refractivity contribution in [1.82, 2.24) is 4.90 Å². The fraction of sp³-hybridized carbons (Fsp3) is 0.348. The molecule has 0 spiro atoms. The van der Waals surface area contributed by atoms with E-state index >= 15 is 0 Å². The molecule has 190 valence electrons. The second-order valence-electron chi connectivity index (χ2n) is 8.31. The molecular weight excluding hydrogens is 485 g/mol. The number of piperazine rings is 1. The van der Waals surface area contributed by atoms with Crippen LogP contribution < -0.4 is 9.80 Å². The first-order valence-corrected chi connectivity index (χ1v) is 10.9. The number of amides is 2. The van der Waals surface area contributed by atoms with Crippen molar-refractivity contribution >= 4 is 34.8 Å². The Balaban J connectivity index is 1.46. The van der Waals surface area contributed by atoms with Crippen molar-refractivity contribution in [1.29, 1.82) is 0 Å². The van der Waals surface area contributed by atoms with E-state index in [0.29, 0.717) is 11.8 Å². The summed E-state index contributed by atoms with van der Waals surface area (Å²) in [7, 11) is 1.24. The number of nitrogens with zero attached hydrogens (tertiary/aromatic N) is 4. The fourth-order valence-electron chi connectivity index (χ4n) is 4.42. The number of imide groups is 1. The second kappa shape index (κ2) is 9.57. The lowest BCUT2D eigenvalue weighted by molar-refractivity contribution is -0.384. The summed E-state index contributed by atoms with van der Waals surface area (Å²) in [5, 5.41) is 11.4. The van der Waals surface area contributed by atoms with E-state index in [1.54, 1.807) is 9.80 Å². The number of nitro benzene ring substituents is 1. The van der Waals surface area contributed by atoms with Gasteiger partial charge in [0.25, 0.3) is 11.6 Å². The van der Waals surface area contributed by atoms with Crippen molar-refractivity contribution in [2.24, 2.45) is 0 Å². The molecule has 13 heteroatoms. The molecule has 2 amide bonds. The first-order valence-electron chi connectivity index (χ1n) is 10.9. The van der Waals surface area contributed by atoms with Gasteiger partial charge in [0.05, 0.1) is 41.3 Å².